The molecule has 0 unspecified atom stereocenters. The second-order valence-corrected chi connectivity index (χ2v) is 5.40. The Bertz CT molecular complexity index is 625. The summed E-state index contributed by atoms with van der Waals surface area (Å²) in [6, 6.07) is 2.63. The lowest BCUT2D eigenvalue weighted by Gasteiger charge is -2.20. The molecule has 4 nitrogen and oxygen atoms in total. The van der Waals surface area contributed by atoms with E-state index in [1.54, 1.807) is 0 Å². The van der Waals surface area contributed by atoms with Crippen molar-refractivity contribution in [2.45, 2.75) is 31.6 Å². The van der Waals surface area contributed by atoms with Crippen molar-refractivity contribution >= 4 is 11.6 Å². The van der Waals surface area contributed by atoms with Gasteiger partial charge in [0, 0.05) is 37.2 Å². The molecule has 1 heterocycles. The highest BCUT2D eigenvalue weighted by Crippen LogP contribution is 2.34. The van der Waals surface area contributed by atoms with Gasteiger partial charge in [0.05, 0.1) is 7.11 Å². The van der Waals surface area contributed by atoms with Crippen molar-refractivity contribution in [3.05, 3.63) is 29.1 Å². The third-order valence-corrected chi connectivity index (χ3v) is 3.83. The monoisotopic (exact) mass is 318 g/mol. The topological polar surface area (TPSA) is 52.6 Å². The number of ether oxygens (including phenoxy) is 2. The Morgan fingerprint density at radius 3 is 2.35 bits per heavy atom. The number of methoxy groups -OCH3 is 1. The highest BCUT2D eigenvalue weighted by molar-refractivity contribution is 6.08. The lowest BCUT2D eigenvalue weighted by molar-refractivity contribution is -0.130. The fourth-order valence-corrected chi connectivity index (χ4v) is 2.71. The van der Waals surface area contributed by atoms with Crippen LogP contribution < -0.4 is 4.74 Å². The Hall–Kier alpha value is -2.19. The normalized spacial score (nSPS) is 17.6. The standard InChI is InChI=1S/C18H19FO4/c1-3-12-10-13(19)17(16(11-12)22-2)18-14(20)6-4-8-23-9-5-7-15(18)21/h1,10-11,18H,4-9H2,2H3. The van der Waals surface area contributed by atoms with E-state index in [9.17, 15) is 14.0 Å². The molecule has 0 amide bonds. The molecule has 1 aliphatic heterocycles. The number of halogens is 1. The first-order valence-electron chi connectivity index (χ1n) is 7.55. The molecule has 0 aliphatic carbocycles. The van der Waals surface area contributed by atoms with E-state index < -0.39 is 11.7 Å². The van der Waals surface area contributed by atoms with E-state index in [4.69, 9.17) is 15.9 Å². The SMILES string of the molecule is C#Cc1cc(F)c(C2C(=O)CCCOCCCC2=O)c(OC)c1. The Morgan fingerprint density at radius 1 is 1.22 bits per heavy atom. The third-order valence-electron chi connectivity index (χ3n) is 3.83. The van der Waals surface area contributed by atoms with Crippen LogP contribution in [0.1, 0.15) is 42.7 Å². The van der Waals surface area contributed by atoms with Crippen LogP contribution in [0.3, 0.4) is 0 Å². The molecule has 1 aromatic carbocycles. The predicted octanol–water partition coefficient (Wildman–Crippen LogP) is 2.63. The average Bonchev–Trinajstić information content (AvgIpc) is 2.54. The van der Waals surface area contributed by atoms with Crippen molar-refractivity contribution in [2.24, 2.45) is 0 Å². The van der Waals surface area contributed by atoms with Crippen LogP contribution in [0.2, 0.25) is 0 Å². The van der Waals surface area contributed by atoms with E-state index in [0.29, 0.717) is 31.6 Å². The zero-order valence-corrected chi connectivity index (χ0v) is 13.1. The molecule has 0 radical (unpaired) electrons. The van der Waals surface area contributed by atoms with Gasteiger partial charge in [0.1, 0.15) is 29.1 Å². The molecule has 2 rings (SSSR count). The maximum Gasteiger partial charge on any atom is 0.148 e. The van der Waals surface area contributed by atoms with Gasteiger partial charge in [-0.3, -0.25) is 9.59 Å². The fourth-order valence-electron chi connectivity index (χ4n) is 2.71. The van der Waals surface area contributed by atoms with Gasteiger partial charge >= 0.3 is 0 Å². The molecule has 122 valence electrons. The van der Waals surface area contributed by atoms with Crippen LogP contribution in [-0.4, -0.2) is 31.9 Å². The van der Waals surface area contributed by atoms with Gasteiger partial charge in [-0.05, 0) is 25.0 Å². The molecule has 0 N–H and O–H groups in total. The lowest BCUT2D eigenvalue weighted by atomic mass is 9.85. The molecule has 0 aromatic heterocycles. The van der Waals surface area contributed by atoms with Gasteiger partial charge in [0.25, 0.3) is 0 Å². The van der Waals surface area contributed by atoms with Crippen LogP contribution in [0.4, 0.5) is 4.39 Å². The quantitative estimate of drug-likeness (QED) is 0.621. The summed E-state index contributed by atoms with van der Waals surface area (Å²) in [5.41, 5.74) is 0.291. The summed E-state index contributed by atoms with van der Waals surface area (Å²) in [4.78, 5) is 25.0. The molecule has 1 fully saturated rings. The van der Waals surface area contributed by atoms with Gasteiger partial charge in [0.2, 0.25) is 0 Å². The Kier molecular flexibility index (Phi) is 5.89. The van der Waals surface area contributed by atoms with Crippen LogP contribution in [0, 0.1) is 18.2 Å². The van der Waals surface area contributed by atoms with E-state index in [2.05, 4.69) is 5.92 Å². The number of rotatable bonds is 2. The van der Waals surface area contributed by atoms with Gasteiger partial charge in [-0.25, -0.2) is 4.39 Å². The van der Waals surface area contributed by atoms with Crippen molar-refractivity contribution in [2.75, 3.05) is 20.3 Å². The zero-order valence-electron chi connectivity index (χ0n) is 13.1. The minimum Gasteiger partial charge on any atom is -0.496 e. The number of Topliss-reactive ketones (excluding diaryl/α,β-unsaturated/α-hetero) is 2. The molecule has 0 saturated carbocycles. The fraction of sp³-hybridized carbons (Fsp3) is 0.444. The first-order chi connectivity index (χ1) is 11.1. The first-order valence-corrected chi connectivity index (χ1v) is 7.55. The summed E-state index contributed by atoms with van der Waals surface area (Å²) >= 11 is 0. The Labute approximate surface area is 135 Å². The number of carbonyl (C=O) groups excluding carboxylic acids is 2. The summed E-state index contributed by atoms with van der Waals surface area (Å²) in [5, 5.41) is 0. The summed E-state index contributed by atoms with van der Waals surface area (Å²) < 4.78 is 25.0. The molecule has 1 saturated heterocycles. The molecular formula is C18H19FO4. The van der Waals surface area contributed by atoms with Crippen LogP contribution in [0.15, 0.2) is 12.1 Å². The second kappa shape index (κ2) is 7.89. The van der Waals surface area contributed by atoms with Crippen molar-refractivity contribution in [1.82, 2.24) is 0 Å². The minimum absolute atomic E-state index is 0.0111. The molecule has 0 bridgehead atoms. The van der Waals surface area contributed by atoms with Crippen LogP contribution >= 0.6 is 0 Å². The Balaban J connectivity index is 2.48. The summed E-state index contributed by atoms with van der Waals surface area (Å²) in [6.45, 7) is 0.921. The van der Waals surface area contributed by atoms with Crippen molar-refractivity contribution in [3.8, 4) is 18.1 Å². The van der Waals surface area contributed by atoms with Crippen molar-refractivity contribution < 1.29 is 23.5 Å². The number of terminal acetylenes is 1. The van der Waals surface area contributed by atoms with E-state index in [1.165, 1.54) is 13.2 Å². The van der Waals surface area contributed by atoms with E-state index in [0.717, 1.165) is 6.07 Å². The van der Waals surface area contributed by atoms with Crippen LogP contribution in [-0.2, 0) is 14.3 Å². The van der Waals surface area contributed by atoms with Gasteiger partial charge in [0.15, 0.2) is 0 Å². The van der Waals surface area contributed by atoms with E-state index in [1.807, 2.05) is 0 Å². The maximum atomic E-state index is 14.5. The van der Waals surface area contributed by atoms with E-state index >= 15 is 0 Å². The highest BCUT2D eigenvalue weighted by atomic mass is 19.1. The molecule has 5 heteroatoms. The molecule has 0 spiro atoms. The van der Waals surface area contributed by atoms with Crippen LogP contribution in [0.5, 0.6) is 5.75 Å². The third kappa shape index (κ3) is 3.96. The van der Waals surface area contributed by atoms with Gasteiger partial charge in [-0.2, -0.15) is 0 Å². The van der Waals surface area contributed by atoms with Crippen molar-refractivity contribution in [3.63, 3.8) is 0 Å². The number of carbonyl (C=O) groups is 2. The van der Waals surface area contributed by atoms with Crippen LogP contribution in [0.25, 0.3) is 0 Å². The molecule has 1 aromatic rings. The number of benzene rings is 1. The van der Waals surface area contributed by atoms with Gasteiger partial charge in [-0.1, -0.05) is 5.92 Å². The lowest BCUT2D eigenvalue weighted by Crippen LogP contribution is -2.25. The second-order valence-electron chi connectivity index (χ2n) is 5.40. The largest absolute Gasteiger partial charge is 0.496 e. The van der Waals surface area contributed by atoms with Crippen molar-refractivity contribution in [1.29, 1.82) is 0 Å². The maximum absolute atomic E-state index is 14.5. The van der Waals surface area contributed by atoms with E-state index in [-0.39, 0.29) is 35.7 Å². The summed E-state index contributed by atoms with van der Waals surface area (Å²) in [7, 11) is 1.36. The van der Waals surface area contributed by atoms with Gasteiger partial charge in [-0.15, -0.1) is 6.42 Å². The summed E-state index contributed by atoms with van der Waals surface area (Å²) in [6.07, 6.45) is 6.63. The zero-order chi connectivity index (χ0) is 16.8. The smallest absolute Gasteiger partial charge is 0.148 e. The number of hydrogen-bond acceptors (Lipinski definition) is 4. The number of hydrogen-bond donors (Lipinski definition) is 0. The molecular weight excluding hydrogens is 299 g/mol. The molecule has 23 heavy (non-hydrogen) atoms. The highest BCUT2D eigenvalue weighted by Gasteiger charge is 2.33. The predicted molar refractivity (Wildman–Crippen MR) is 82.9 cm³/mol. The molecule has 0 atom stereocenters. The minimum atomic E-state index is -1.14. The first kappa shape index (κ1) is 17.2. The summed E-state index contributed by atoms with van der Waals surface area (Å²) in [5.74, 6) is 0.0121. The average molecular weight is 318 g/mol. The Morgan fingerprint density at radius 2 is 1.83 bits per heavy atom. The van der Waals surface area contributed by atoms with Gasteiger partial charge < -0.3 is 9.47 Å². The molecule has 1 aliphatic rings. The number of ketones is 2.